The number of esters is 1. The predicted octanol–water partition coefficient (Wildman–Crippen LogP) is 5.92. The second-order valence-electron chi connectivity index (χ2n) is 17.3. The van der Waals surface area contributed by atoms with Gasteiger partial charge in [-0.2, -0.15) is 0 Å². The minimum Gasteiger partial charge on any atom is -0.494 e. The number of sulfonamides is 1. The Kier molecular flexibility index (Phi) is 9.86. The summed E-state index contributed by atoms with van der Waals surface area (Å²) >= 11 is 0. The monoisotopic (exact) mass is 768 g/mol. The topological polar surface area (TPSA) is 158 Å². The van der Waals surface area contributed by atoms with Gasteiger partial charge in [-0.05, 0) is 90.0 Å². The first kappa shape index (κ1) is 35.7. The second-order valence-corrected chi connectivity index (χ2v) is 19.5. The minimum absolute atomic E-state index is 0.0323. The molecule has 54 heavy (non-hydrogen) atoms. The van der Waals surface area contributed by atoms with Crippen LogP contribution >= 0.6 is 0 Å². The van der Waals surface area contributed by atoms with Crippen LogP contribution in [0.1, 0.15) is 103 Å². The highest BCUT2D eigenvalue weighted by Gasteiger charge is 2.62. The summed E-state index contributed by atoms with van der Waals surface area (Å²) in [6.45, 7) is 10.8. The van der Waals surface area contributed by atoms with E-state index in [1.807, 2.05) is 19.1 Å². The van der Waals surface area contributed by atoms with E-state index in [4.69, 9.17) is 18.3 Å². The first-order valence-corrected chi connectivity index (χ1v) is 20.5. The van der Waals surface area contributed by atoms with Crippen molar-refractivity contribution in [1.82, 2.24) is 14.6 Å². The number of fused-ring (bicyclic) bond motifs is 3. The molecule has 12 nitrogen and oxygen atoms in total. The number of aromatic nitrogens is 1. The van der Waals surface area contributed by atoms with Gasteiger partial charge in [0, 0.05) is 23.6 Å². The van der Waals surface area contributed by atoms with E-state index in [1.165, 1.54) is 11.1 Å². The molecule has 1 aromatic heterocycles. The fourth-order valence-corrected chi connectivity index (χ4v) is 9.46. The third-order valence-electron chi connectivity index (χ3n) is 11.7. The van der Waals surface area contributed by atoms with E-state index >= 15 is 0 Å². The highest BCUT2D eigenvalue weighted by atomic mass is 32.2. The van der Waals surface area contributed by atoms with Crippen molar-refractivity contribution in [2.75, 3.05) is 13.6 Å². The van der Waals surface area contributed by atoms with Crippen molar-refractivity contribution in [1.29, 1.82) is 0 Å². The molecule has 0 bridgehead atoms. The first-order valence-electron chi connectivity index (χ1n) is 20.5. The molecule has 3 fully saturated rings. The van der Waals surface area contributed by atoms with Gasteiger partial charge in [0.05, 0.1) is 52.4 Å². The molecule has 0 spiro atoms. The molecule has 2 aromatic rings. The average molecular weight is 769 g/mol. The molecule has 2 amide bonds. The number of amides is 2. The number of carbonyl (C=O) groups excluding carboxylic acids is 4. The number of hydrogen-bond acceptors (Lipinski definition) is 10. The Balaban J connectivity index is 1.35. The number of benzene rings is 1. The highest BCUT2D eigenvalue weighted by molar-refractivity contribution is 7.91. The van der Waals surface area contributed by atoms with Crippen LogP contribution < -0.4 is 14.2 Å². The lowest BCUT2D eigenvalue weighted by Crippen LogP contribution is -2.48. The van der Waals surface area contributed by atoms with Gasteiger partial charge in [-0.15, -0.1) is 0 Å². The summed E-state index contributed by atoms with van der Waals surface area (Å²) in [5.74, 6) is -3.19. The third kappa shape index (κ3) is 8.30. The molecule has 2 saturated carbocycles. The van der Waals surface area contributed by atoms with Crippen molar-refractivity contribution in [2.24, 2.45) is 29.1 Å². The zero-order chi connectivity index (χ0) is 41.7. The minimum atomic E-state index is -3.99. The number of ether oxygens (including phenoxy) is 3. The number of pyridine rings is 1. The summed E-state index contributed by atoms with van der Waals surface area (Å²) in [5.41, 5.74) is -2.10. The van der Waals surface area contributed by atoms with Gasteiger partial charge in [-0.25, -0.2) is 13.4 Å². The molecule has 0 unspecified atom stereocenters. The van der Waals surface area contributed by atoms with Gasteiger partial charge in [-0.3, -0.25) is 23.9 Å². The van der Waals surface area contributed by atoms with Crippen LogP contribution in [0.3, 0.4) is 0 Å². The van der Waals surface area contributed by atoms with E-state index < -0.39 is 74.5 Å². The van der Waals surface area contributed by atoms with Crippen LogP contribution in [-0.2, 0) is 33.9 Å². The number of methoxy groups -OCH3 is 1. The van der Waals surface area contributed by atoms with Gasteiger partial charge in [0.2, 0.25) is 27.7 Å². The van der Waals surface area contributed by atoms with Crippen molar-refractivity contribution in [2.45, 2.75) is 122 Å². The lowest BCUT2D eigenvalue weighted by atomic mass is 9.82. The van der Waals surface area contributed by atoms with Crippen molar-refractivity contribution in [3.8, 4) is 11.6 Å². The van der Waals surface area contributed by atoms with Crippen LogP contribution in [0, 0.1) is 29.1 Å². The van der Waals surface area contributed by atoms with Crippen LogP contribution in [-0.4, -0.2) is 77.9 Å². The quantitative estimate of drug-likeness (QED) is 0.253. The molecule has 7 atom stereocenters. The zero-order valence-corrected chi connectivity index (χ0v) is 32.9. The molecule has 1 N–H and O–H groups in total. The molecule has 2 aliphatic heterocycles. The zero-order valence-electron chi connectivity index (χ0n) is 35.1. The fraction of sp³-hybridized carbons (Fsp3) is 0.634. The Morgan fingerprint density at radius 2 is 1.83 bits per heavy atom. The lowest BCUT2D eigenvalue weighted by molar-refractivity contribution is -0.160. The number of ketones is 1. The first-order chi connectivity index (χ1) is 26.5. The van der Waals surface area contributed by atoms with Crippen LogP contribution in [0.15, 0.2) is 42.6 Å². The largest absolute Gasteiger partial charge is 0.494 e. The van der Waals surface area contributed by atoms with E-state index in [9.17, 15) is 27.6 Å². The van der Waals surface area contributed by atoms with E-state index in [0.29, 0.717) is 36.5 Å². The Morgan fingerprint density at radius 1 is 1.11 bits per heavy atom. The highest BCUT2D eigenvalue weighted by Crippen LogP contribution is 2.57. The van der Waals surface area contributed by atoms with Gasteiger partial charge in [0.15, 0.2) is 5.78 Å². The second kappa shape index (κ2) is 14.9. The van der Waals surface area contributed by atoms with Gasteiger partial charge in [-0.1, -0.05) is 44.2 Å². The summed E-state index contributed by atoms with van der Waals surface area (Å²) in [7, 11) is -6.71. The molecule has 1 aromatic carbocycles. The van der Waals surface area contributed by atoms with Gasteiger partial charge in [0.1, 0.15) is 17.5 Å². The predicted molar refractivity (Wildman–Crippen MR) is 203 cm³/mol. The maximum atomic E-state index is 14.9. The molecule has 1 saturated heterocycles. The standard InChI is InChI=1S/C41H55N3O9S/c1-25-12-8-9-13-27-21-41(27,38(48)43-54(49,50)40(6)16-17-40)22-33(45)32-19-28(52-36-30-15-11-10-14-29(30)34(51-7)23-42-36)24-44(32)37(47)31(26(2)18-25)20-35(46)53-39(3,4)5/h9-11,13-15,23,25-28,31-32H,8,12,16-22,24H2,1-7H3,(H,43,48)/b13-9-/t25-,26+,27+,28+,31-,32-,41+/m0/s1/i7D3. The number of hydrogen-bond donors (Lipinski definition) is 1. The van der Waals surface area contributed by atoms with E-state index in [0.717, 1.165) is 6.42 Å². The van der Waals surface area contributed by atoms with Crippen molar-refractivity contribution in [3.63, 3.8) is 0 Å². The molecule has 13 heteroatoms. The molecular formula is C41H55N3O9S. The Labute approximate surface area is 323 Å². The molecule has 4 aliphatic rings. The summed E-state index contributed by atoms with van der Waals surface area (Å²) < 4.78 is 67.8. The maximum Gasteiger partial charge on any atom is 0.307 e. The average Bonchev–Trinajstić information content (AvgIpc) is 3.98. The summed E-state index contributed by atoms with van der Waals surface area (Å²) in [4.78, 5) is 62.7. The summed E-state index contributed by atoms with van der Waals surface area (Å²) in [5, 5.41) is 0.898. The Morgan fingerprint density at radius 3 is 2.52 bits per heavy atom. The van der Waals surface area contributed by atoms with Crippen LogP contribution in [0.5, 0.6) is 11.6 Å². The number of allylic oxidation sites excluding steroid dienone is 2. The number of nitrogens with one attached hydrogen (secondary N) is 1. The molecular weight excluding hydrogens is 711 g/mol. The third-order valence-corrected chi connectivity index (χ3v) is 13.9. The van der Waals surface area contributed by atoms with Crippen LogP contribution in [0.25, 0.3) is 10.8 Å². The van der Waals surface area contributed by atoms with Crippen molar-refractivity contribution in [3.05, 3.63) is 42.6 Å². The van der Waals surface area contributed by atoms with Gasteiger partial charge < -0.3 is 19.1 Å². The van der Waals surface area contributed by atoms with Gasteiger partial charge >= 0.3 is 5.97 Å². The van der Waals surface area contributed by atoms with Crippen LogP contribution in [0.2, 0.25) is 0 Å². The van der Waals surface area contributed by atoms with E-state index in [-0.39, 0.29) is 61.6 Å². The molecule has 0 radical (unpaired) electrons. The fourth-order valence-electron chi connectivity index (χ4n) is 8.12. The Bertz CT molecular complexity index is 2040. The molecule has 6 rings (SSSR count). The van der Waals surface area contributed by atoms with Crippen molar-refractivity contribution >= 4 is 44.4 Å². The SMILES string of the molecule is [2H]C([2H])([2H])Oc1cnc(O[C@@H]2C[C@H]3C(=O)C[C@]4(C(=O)NS(=O)(=O)C5(C)CC5)C[C@H]4/C=C\CC[C@H](C)C[C@@H](C)[C@H](CC(=O)OC(C)(C)C)C(=O)N3C2)c2ccccc12. The number of carbonyl (C=O) groups is 4. The van der Waals surface area contributed by atoms with E-state index in [2.05, 4.69) is 16.6 Å². The summed E-state index contributed by atoms with van der Waals surface area (Å²) in [6, 6.07) is 5.77. The summed E-state index contributed by atoms with van der Waals surface area (Å²) in [6.07, 6.45) is 7.19. The maximum absolute atomic E-state index is 14.9. The normalized spacial score (nSPS) is 31.7. The number of Topliss-reactive ketones (excluding diaryl/α,β-unsaturated/α-hetero) is 1. The molecule has 294 valence electrons. The van der Waals surface area contributed by atoms with E-state index in [1.54, 1.807) is 52.0 Å². The van der Waals surface area contributed by atoms with Gasteiger partial charge in [0.25, 0.3) is 0 Å². The van der Waals surface area contributed by atoms with Crippen LogP contribution in [0.4, 0.5) is 0 Å². The smallest absolute Gasteiger partial charge is 0.307 e. The Hall–Kier alpha value is -4.00. The lowest BCUT2D eigenvalue weighted by Gasteiger charge is -2.32. The molecule has 2 aliphatic carbocycles. The number of rotatable bonds is 8. The van der Waals surface area contributed by atoms with Crippen molar-refractivity contribution < 1.29 is 45.9 Å². The number of nitrogens with zero attached hydrogens (tertiary/aromatic N) is 2. The molecule has 3 heterocycles.